The van der Waals surface area contributed by atoms with E-state index in [0.29, 0.717) is 26.1 Å². The highest BCUT2D eigenvalue weighted by Crippen LogP contribution is 2.17. The minimum absolute atomic E-state index is 0.175. The number of carbonyl (C=O) groups is 3. The molecule has 1 unspecified atom stereocenters. The van der Waals surface area contributed by atoms with Crippen molar-refractivity contribution >= 4 is 17.9 Å². The van der Waals surface area contributed by atoms with Crippen molar-refractivity contribution in [2.45, 2.75) is 31.7 Å². The number of urea groups is 1. The summed E-state index contributed by atoms with van der Waals surface area (Å²) in [7, 11) is 1.53. The first-order valence-corrected chi connectivity index (χ1v) is 7.09. The Labute approximate surface area is 123 Å². The normalized spacial score (nSPS) is 18.7. The molecular formula is C13H23N3O5. The lowest BCUT2D eigenvalue weighted by atomic mass is 10.1. The first kappa shape index (κ1) is 17.2. The molecule has 0 aromatic rings. The average molecular weight is 301 g/mol. The van der Waals surface area contributed by atoms with Gasteiger partial charge in [0.05, 0.1) is 13.2 Å². The summed E-state index contributed by atoms with van der Waals surface area (Å²) in [5.74, 6) is -1.33. The van der Waals surface area contributed by atoms with Crippen molar-refractivity contribution in [3.05, 3.63) is 0 Å². The van der Waals surface area contributed by atoms with Gasteiger partial charge in [0.1, 0.15) is 6.04 Å². The number of nitrogens with one attached hydrogen (secondary N) is 2. The Kier molecular flexibility index (Phi) is 7.52. The Morgan fingerprint density at radius 1 is 1.24 bits per heavy atom. The zero-order valence-corrected chi connectivity index (χ0v) is 12.3. The number of rotatable bonds is 6. The molecule has 1 aliphatic rings. The molecule has 0 saturated carbocycles. The first-order valence-electron chi connectivity index (χ1n) is 7.09. The van der Waals surface area contributed by atoms with Gasteiger partial charge in [-0.05, 0) is 12.8 Å². The number of carbonyl (C=O) groups excluding carboxylic acids is 2. The van der Waals surface area contributed by atoms with Gasteiger partial charge < -0.3 is 25.4 Å². The van der Waals surface area contributed by atoms with E-state index in [9.17, 15) is 19.5 Å². The Balaban J connectivity index is 2.44. The highest BCUT2D eigenvalue weighted by molar-refractivity contribution is 5.86. The van der Waals surface area contributed by atoms with Gasteiger partial charge >= 0.3 is 12.0 Å². The van der Waals surface area contributed by atoms with Crippen LogP contribution in [0.25, 0.3) is 0 Å². The molecule has 0 aromatic heterocycles. The predicted molar refractivity (Wildman–Crippen MR) is 74.9 cm³/mol. The number of methoxy groups -OCH3 is 1. The fraction of sp³-hybridized carbons (Fsp3) is 0.769. The molecule has 21 heavy (non-hydrogen) atoms. The van der Waals surface area contributed by atoms with Crippen LogP contribution in [0.15, 0.2) is 0 Å². The molecule has 1 fully saturated rings. The molecule has 8 heteroatoms. The lowest BCUT2D eigenvalue weighted by Crippen LogP contribution is -2.51. The van der Waals surface area contributed by atoms with Crippen LogP contribution in [-0.4, -0.2) is 67.3 Å². The lowest BCUT2D eigenvalue weighted by molar-refractivity contribution is -0.142. The molecule has 1 atom stereocenters. The summed E-state index contributed by atoms with van der Waals surface area (Å²) >= 11 is 0. The molecule has 3 amide bonds. The molecule has 0 spiro atoms. The predicted octanol–water partition coefficient (Wildman–Crippen LogP) is -0.212. The molecule has 120 valence electrons. The molecule has 0 aromatic carbocycles. The second-order valence-electron chi connectivity index (χ2n) is 4.90. The van der Waals surface area contributed by atoms with Gasteiger partial charge in [-0.3, -0.25) is 4.79 Å². The van der Waals surface area contributed by atoms with Gasteiger partial charge in [0.2, 0.25) is 5.91 Å². The molecule has 0 bridgehead atoms. The standard InChI is InChI=1S/C13H23N3O5/c1-21-8-6-14-11(17)9-15-13(20)16-7-4-2-3-5-10(16)12(18)19/h10H,2-9H2,1H3,(H,14,17)(H,15,20)(H,18,19). The van der Waals surface area contributed by atoms with Gasteiger partial charge in [0, 0.05) is 20.2 Å². The minimum Gasteiger partial charge on any atom is -0.480 e. The number of carboxylic acids is 1. The maximum absolute atomic E-state index is 12.0. The number of ether oxygens (including phenoxy) is 1. The van der Waals surface area contributed by atoms with E-state index < -0.39 is 18.0 Å². The third-order valence-corrected chi connectivity index (χ3v) is 3.33. The van der Waals surface area contributed by atoms with Crippen LogP contribution < -0.4 is 10.6 Å². The average Bonchev–Trinajstić information content (AvgIpc) is 2.70. The second kappa shape index (κ2) is 9.17. The van der Waals surface area contributed by atoms with E-state index in [0.717, 1.165) is 19.3 Å². The lowest BCUT2D eigenvalue weighted by Gasteiger charge is -2.26. The summed E-state index contributed by atoms with van der Waals surface area (Å²) in [6, 6.07) is -1.32. The zero-order valence-electron chi connectivity index (χ0n) is 12.3. The van der Waals surface area contributed by atoms with Crippen LogP contribution in [0.3, 0.4) is 0 Å². The summed E-state index contributed by atoms with van der Waals surface area (Å²) < 4.78 is 4.79. The van der Waals surface area contributed by atoms with Crippen molar-refractivity contribution in [2.24, 2.45) is 0 Å². The summed E-state index contributed by atoms with van der Waals surface area (Å²) in [4.78, 5) is 36.0. The van der Waals surface area contributed by atoms with Crippen molar-refractivity contribution in [1.82, 2.24) is 15.5 Å². The van der Waals surface area contributed by atoms with Crippen LogP contribution in [0.5, 0.6) is 0 Å². The van der Waals surface area contributed by atoms with Crippen LogP contribution >= 0.6 is 0 Å². The maximum atomic E-state index is 12.0. The van der Waals surface area contributed by atoms with Crippen molar-refractivity contribution in [3.63, 3.8) is 0 Å². The van der Waals surface area contributed by atoms with Crippen LogP contribution in [0, 0.1) is 0 Å². The highest BCUT2D eigenvalue weighted by Gasteiger charge is 2.30. The summed E-state index contributed by atoms with van der Waals surface area (Å²) in [5.41, 5.74) is 0. The molecule has 8 nitrogen and oxygen atoms in total. The summed E-state index contributed by atoms with van der Waals surface area (Å²) in [6.45, 7) is 0.985. The molecule has 1 heterocycles. The summed E-state index contributed by atoms with van der Waals surface area (Å²) in [5, 5.41) is 14.2. The number of nitrogens with zero attached hydrogens (tertiary/aromatic N) is 1. The fourth-order valence-electron chi connectivity index (χ4n) is 2.22. The molecule has 0 radical (unpaired) electrons. The Morgan fingerprint density at radius 3 is 2.67 bits per heavy atom. The second-order valence-corrected chi connectivity index (χ2v) is 4.90. The Morgan fingerprint density at radius 2 is 2.00 bits per heavy atom. The topological polar surface area (TPSA) is 108 Å². The van der Waals surface area contributed by atoms with E-state index in [2.05, 4.69) is 10.6 Å². The van der Waals surface area contributed by atoms with Crippen molar-refractivity contribution in [2.75, 3.05) is 33.4 Å². The maximum Gasteiger partial charge on any atom is 0.326 e. The van der Waals surface area contributed by atoms with Gasteiger partial charge in [-0.25, -0.2) is 9.59 Å². The third-order valence-electron chi connectivity index (χ3n) is 3.33. The van der Waals surface area contributed by atoms with E-state index in [1.165, 1.54) is 12.0 Å². The van der Waals surface area contributed by atoms with Gasteiger partial charge in [-0.15, -0.1) is 0 Å². The highest BCUT2D eigenvalue weighted by atomic mass is 16.5. The molecule has 1 saturated heterocycles. The minimum atomic E-state index is -1.00. The zero-order chi connectivity index (χ0) is 15.7. The van der Waals surface area contributed by atoms with Crippen molar-refractivity contribution in [3.8, 4) is 0 Å². The van der Waals surface area contributed by atoms with E-state index in [1.54, 1.807) is 0 Å². The van der Waals surface area contributed by atoms with Gasteiger partial charge in [0.25, 0.3) is 0 Å². The number of aliphatic carboxylic acids is 1. The largest absolute Gasteiger partial charge is 0.480 e. The van der Waals surface area contributed by atoms with Crippen LogP contribution in [0.4, 0.5) is 4.79 Å². The van der Waals surface area contributed by atoms with Crippen molar-refractivity contribution < 1.29 is 24.2 Å². The van der Waals surface area contributed by atoms with Gasteiger partial charge in [0.15, 0.2) is 0 Å². The number of hydrogen-bond acceptors (Lipinski definition) is 4. The molecule has 3 N–H and O–H groups in total. The molecule has 0 aliphatic carbocycles. The fourth-order valence-corrected chi connectivity index (χ4v) is 2.22. The van der Waals surface area contributed by atoms with E-state index in [1.807, 2.05) is 0 Å². The van der Waals surface area contributed by atoms with E-state index >= 15 is 0 Å². The molecule has 1 aliphatic heterocycles. The van der Waals surface area contributed by atoms with Crippen LogP contribution in [0.1, 0.15) is 25.7 Å². The number of hydrogen-bond donors (Lipinski definition) is 3. The van der Waals surface area contributed by atoms with Gasteiger partial charge in [-0.1, -0.05) is 12.8 Å². The Hall–Kier alpha value is -1.83. The van der Waals surface area contributed by atoms with Crippen LogP contribution in [0.2, 0.25) is 0 Å². The number of amides is 3. The summed E-state index contributed by atoms with van der Waals surface area (Å²) in [6.07, 6.45) is 2.92. The third kappa shape index (κ3) is 5.99. The van der Waals surface area contributed by atoms with Gasteiger partial charge in [-0.2, -0.15) is 0 Å². The number of likely N-dealkylation sites (tertiary alicyclic amines) is 1. The van der Waals surface area contributed by atoms with Crippen LogP contribution in [-0.2, 0) is 14.3 Å². The van der Waals surface area contributed by atoms with E-state index in [4.69, 9.17) is 4.74 Å². The monoisotopic (exact) mass is 301 g/mol. The molecule has 1 rings (SSSR count). The molecular weight excluding hydrogens is 278 g/mol. The van der Waals surface area contributed by atoms with E-state index in [-0.39, 0.29) is 12.5 Å². The quantitative estimate of drug-likeness (QED) is 0.588. The number of carboxylic acid groups (broad SMARTS) is 1. The smallest absolute Gasteiger partial charge is 0.326 e. The first-order chi connectivity index (χ1) is 10.1. The Bertz CT molecular complexity index is 375. The SMILES string of the molecule is COCCNC(=O)CNC(=O)N1CCCCCC1C(=O)O. The van der Waals surface area contributed by atoms with Crippen molar-refractivity contribution in [1.29, 1.82) is 0 Å².